The molecule has 0 bridgehead atoms. The van der Waals surface area contributed by atoms with E-state index in [2.05, 4.69) is 10.4 Å². The number of para-hydroxylation sites is 1. The highest BCUT2D eigenvalue weighted by atomic mass is 16.3. The first-order valence-corrected chi connectivity index (χ1v) is 6.88. The SMILES string of the molecule is CC1(O)CCN(C(=O)c2cc(NN)nc3ccccc23)C1. The minimum absolute atomic E-state index is 0.108. The van der Waals surface area contributed by atoms with Gasteiger partial charge in [-0.3, -0.25) is 4.79 Å². The number of rotatable bonds is 2. The molecule has 0 aliphatic carbocycles. The number of hydrazine groups is 1. The van der Waals surface area contributed by atoms with Crippen LogP contribution >= 0.6 is 0 Å². The third-order valence-corrected chi connectivity index (χ3v) is 3.83. The number of fused-ring (bicyclic) bond motifs is 1. The maximum Gasteiger partial charge on any atom is 0.254 e. The number of carbonyl (C=O) groups is 1. The number of β-amino-alcohol motifs (C(OH)–C–C–N with tert-alkyl or cyclic N) is 1. The van der Waals surface area contributed by atoms with E-state index < -0.39 is 5.60 Å². The van der Waals surface area contributed by atoms with E-state index in [0.717, 1.165) is 5.39 Å². The molecule has 1 saturated heterocycles. The van der Waals surface area contributed by atoms with Gasteiger partial charge in [-0.15, -0.1) is 0 Å². The summed E-state index contributed by atoms with van der Waals surface area (Å²) in [7, 11) is 0. The molecule has 1 atom stereocenters. The summed E-state index contributed by atoms with van der Waals surface area (Å²) in [5.41, 5.74) is 2.94. The summed E-state index contributed by atoms with van der Waals surface area (Å²) in [6, 6.07) is 9.09. The number of hydrogen-bond acceptors (Lipinski definition) is 5. The third kappa shape index (κ3) is 2.55. The van der Waals surface area contributed by atoms with Gasteiger partial charge in [0.15, 0.2) is 0 Å². The van der Waals surface area contributed by atoms with Crippen LogP contribution in [0.4, 0.5) is 5.82 Å². The van der Waals surface area contributed by atoms with Crippen molar-refractivity contribution < 1.29 is 9.90 Å². The van der Waals surface area contributed by atoms with E-state index in [1.165, 1.54) is 0 Å². The quantitative estimate of drug-likeness (QED) is 0.568. The molecule has 0 radical (unpaired) electrons. The fraction of sp³-hybridized carbons (Fsp3) is 0.333. The van der Waals surface area contributed by atoms with Crippen molar-refractivity contribution in [3.05, 3.63) is 35.9 Å². The molecule has 2 heterocycles. The van der Waals surface area contributed by atoms with Gasteiger partial charge in [-0.2, -0.15) is 0 Å². The van der Waals surface area contributed by atoms with E-state index in [0.29, 0.717) is 36.4 Å². The fourth-order valence-electron chi connectivity index (χ4n) is 2.72. The Kier molecular flexibility index (Phi) is 3.27. The smallest absolute Gasteiger partial charge is 0.254 e. The highest BCUT2D eigenvalue weighted by Gasteiger charge is 2.34. The Labute approximate surface area is 122 Å². The second-order valence-electron chi connectivity index (χ2n) is 5.69. The lowest BCUT2D eigenvalue weighted by atomic mass is 10.1. The van der Waals surface area contributed by atoms with E-state index in [-0.39, 0.29) is 5.91 Å². The number of pyridine rings is 1. The van der Waals surface area contributed by atoms with Crippen molar-refractivity contribution in [1.29, 1.82) is 0 Å². The molecule has 1 aliphatic rings. The zero-order valence-corrected chi connectivity index (χ0v) is 11.8. The maximum atomic E-state index is 12.7. The number of anilines is 1. The van der Waals surface area contributed by atoms with E-state index in [9.17, 15) is 9.90 Å². The Morgan fingerprint density at radius 3 is 2.90 bits per heavy atom. The normalized spacial score (nSPS) is 21.8. The Morgan fingerprint density at radius 1 is 1.48 bits per heavy atom. The number of benzene rings is 1. The molecular formula is C15H18N4O2. The van der Waals surface area contributed by atoms with Crippen LogP contribution in [0, 0.1) is 0 Å². The molecule has 1 aromatic carbocycles. The summed E-state index contributed by atoms with van der Waals surface area (Å²) in [4.78, 5) is 18.7. The predicted molar refractivity (Wildman–Crippen MR) is 80.7 cm³/mol. The molecule has 1 fully saturated rings. The highest BCUT2D eigenvalue weighted by molar-refractivity contribution is 6.07. The average molecular weight is 286 g/mol. The number of nitrogen functional groups attached to an aromatic ring is 1. The Hall–Kier alpha value is -2.18. The second-order valence-corrected chi connectivity index (χ2v) is 5.69. The summed E-state index contributed by atoms with van der Waals surface area (Å²) in [6.45, 7) is 2.64. The molecule has 0 spiro atoms. The number of likely N-dealkylation sites (tertiary alicyclic amines) is 1. The molecule has 6 heteroatoms. The summed E-state index contributed by atoms with van der Waals surface area (Å²) in [5, 5.41) is 10.8. The first kappa shape index (κ1) is 13.8. The van der Waals surface area contributed by atoms with E-state index in [1.54, 1.807) is 17.9 Å². The van der Waals surface area contributed by atoms with Gasteiger partial charge >= 0.3 is 0 Å². The van der Waals surface area contributed by atoms with Crippen LogP contribution in [0.3, 0.4) is 0 Å². The van der Waals surface area contributed by atoms with E-state index in [4.69, 9.17) is 5.84 Å². The molecule has 3 rings (SSSR count). The fourth-order valence-corrected chi connectivity index (χ4v) is 2.72. The standard InChI is InChI=1S/C15H18N4O2/c1-15(21)6-7-19(9-15)14(20)11-8-13(18-16)17-12-5-3-2-4-10(11)12/h2-5,8,21H,6-7,9,16H2,1H3,(H,17,18). The van der Waals surface area contributed by atoms with Crippen LogP contribution in [0.2, 0.25) is 0 Å². The van der Waals surface area contributed by atoms with Crippen LogP contribution in [-0.2, 0) is 0 Å². The van der Waals surface area contributed by atoms with Gasteiger partial charge in [-0.05, 0) is 25.5 Å². The second kappa shape index (κ2) is 4.98. The van der Waals surface area contributed by atoms with E-state index in [1.807, 2.05) is 24.3 Å². The lowest BCUT2D eigenvalue weighted by Gasteiger charge is -2.20. The van der Waals surface area contributed by atoms with Crippen molar-refractivity contribution >= 4 is 22.6 Å². The minimum Gasteiger partial charge on any atom is -0.388 e. The molecule has 1 aliphatic heterocycles. The molecule has 1 amide bonds. The zero-order valence-electron chi connectivity index (χ0n) is 11.8. The molecule has 6 nitrogen and oxygen atoms in total. The summed E-state index contributed by atoms with van der Waals surface area (Å²) in [5.74, 6) is 5.77. The van der Waals surface area contributed by atoms with Gasteiger partial charge in [0.05, 0.1) is 16.7 Å². The van der Waals surface area contributed by atoms with Gasteiger partial charge in [0, 0.05) is 18.5 Å². The topological polar surface area (TPSA) is 91.5 Å². The number of nitrogens with two attached hydrogens (primary N) is 1. The monoisotopic (exact) mass is 286 g/mol. The first-order chi connectivity index (χ1) is 10.00. The van der Waals surface area contributed by atoms with Crippen molar-refractivity contribution in [2.24, 2.45) is 5.84 Å². The lowest BCUT2D eigenvalue weighted by molar-refractivity contribution is 0.0573. The number of nitrogens with zero attached hydrogens (tertiary/aromatic N) is 2. The predicted octanol–water partition coefficient (Wildman–Crippen LogP) is 1.12. The number of nitrogens with one attached hydrogen (secondary N) is 1. The number of hydrogen-bond donors (Lipinski definition) is 3. The lowest BCUT2D eigenvalue weighted by Crippen LogP contribution is -2.34. The molecule has 4 N–H and O–H groups in total. The summed E-state index contributed by atoms with van der Waals surface area (Å²) in [6.07, 6.45) is 0.587. The molecule has 1 aromatic heterocycles. The average Bonchev–Trinajstić information content (AvgIpc) is 2.85. The summed E-state index contributed by atoms with van der Waals surface area (Å²) < 4.78 is 0. The maximum absolute atomic E-state index is 12.7. The van der Waals surface area contributed by atoms with Crippen LogP contribution in [0.5, 0.6) is 0 Å². The zero-order chi connectivity index (χ0) is 15.0. The Balaban J connectivity index is 2.05. The molecule has 2 aromatic rings. The highest BCUT2D eigenvalue weighted by Crippen LogP contribution is 2.26. The van der Waals surface area contributed by atoms with Crippen LogP contribution < -0.4 is 11.3 Å². The Bertz CT molecular complexity index is 699. The molecule has 110 valence electrons. The molecule has 0 saturated carbocycles. The van der Waals surface area contributed by atoms with Gasteiger partial charge in [0.2, 0.25) is 0 Å². The van der Waals surface area contributed by atoms with Crippen molar-refractivity contribution in [3.8, 4) is 0 Å². The third-order valence-electron chi connectivity index (χ3n) is 3.83. The van der Waals surface area contributed by atoms with Gasteiger partial charge in [0.25, 0.3) is 5.91 Å². The number of aliphatic hydroxyl groups is 1. The first-order valence-electron chi connectivity index (χ1n) is 6.88. The molecule has 1 unspecified atom stereocenters. The van der Waals surface area contributed by atoms with Gasteiger partial charge in [-0.1, -0.05) is 18.2 Å². The number of amides is 1. The Morgan fingerprint density at radius 2 is 2.24 bits per heavy atom. The van der Waals surface area contributed by atoms with E-state index >= 15 is 0 Å². The number of aromatic nitrogens is 1. The molecular weight excluding hydrogens is 268 g/mol. The molecule has 21 heavy (non-hydrogen) atoms. The van der Waals surface area contributed by atoms with Crippen molar-refractivity contribution in [1.82, 2.24) is 9.88 Å². The van der Waals surface area contributed by atoms with Gasteiger partial charge in [0.1, 0.15) is 5.82 Å². The number of carbonyl (C=O) groups excluding carboxylic acids is 1. The van der Waals surface area contributed by atoms with Crippen molar-refractivity contribution in [3.63, 3.8) is 0 Å². The van der Waals surface area contributed by atoms with Crippen LogP contribution in [-0.4, -0.2) is 39.6 Å². The van der Waals surface area contributed by atoms with Gasteiger partial charge < -0.3 is 15.4 Å². The van der Waals surface area contributed by atoms with Crippen LogP contribution in [0.1, 0.15) is 23.7 Å². The largest absolute Gasteiger partial charge is 0.388 e. The van der Waals surface area contributed by atoms with Crippen LogP contribution in [0.25, 0.3) is 10.9 Å². The van der Waals surface area contributed by atoms with Crippen molar-refractivity contribution in [2.45, 2.75) is 18.9 Å². The van der Waals surface area contributed by atoms with Gasteiger partial charge in [-0.25, -0.2) is 10.8 Å². The minimum atomic E-state index is -0.812. The van der Waals surface area contributed by atoms with Crippen molar-refractivity contribution in [2.75, 3.05) is 18.5 Å². The van der Waals surface area contributed by atoms with Crippen LogP contribution in [0.15, 0.2) is 30.3 Å². The summed E-state index contributed by atoms with van der Waals surface area (Å²) >= 11 is 0.